The Bertz CT molecular complexity index is 1640. The number of anilines is 1. The largest absolute Gasteiger partial charge is 0.353 e. The molecule has 2 fully saturated rings. The van der Waals surface area contributed by atoms with Gasteiger partial charge in [0.1, 0.15) is 0 Å². The van der Waals surface area contributed by atoms with Crippen LogP contribution in [0, 0.1) is 5.92 Å². The van der Waals surface area contributed by atoms with Crippen molar-refractivity contribution in [3.8, 4) is 0 Å². The van der Waals surface area contributed by atoms with E-state index in [1.54, 1.807) is 36.5 Å². The molecule has 2 heterocycles. The van der Waals surface area contributed by atoms with E-state index in [2.05, 4.69) is 14.6 Å². The van der Waals surface area contributed by atoms with Gasteiger partial charge in [0.25, 0.3) is 15.9 Å². The van der Waals surface area contributed by atoms with Crippen LogP contribution >= 0.6 is 11.6 Å². The van der Waals surface area contributed by atoms with Crippen molar-refractivity contribution in [2.24, 2.45) is 5.92 Å². The number of halogens is 1. The number of nitrogens with one attached hydrogen (secondary N) is 1. The molecular formula is C33H34ClN3O6S. The van der Waals surface area contributed by atoms with Gasteiger partial charge in [0.15, 0.2) is 12.1 Å². The lowest BCUT2D eigenvalue weighted by Gasteiger charge is -2.39. The van der Waals surface area contributed by atoms with Crippen molar-refractivity contribution in [3.05, 3.63) is 113 Å². The third-order valence-electron chi connectivity index (χ3n) is 7.73. The molecule has 0 bridgehead atoms. The van der Waals surface area contributed by atoms with Crippen molar-refractivity contribution in [2.45, 2.75) is 55.6 Å². The molecule has 2 atom stereocenters. The first kappa shape index (κ1) is 30.5. The molecule has 1 saturated carbocycles. The number of hydrogen-bond donors (Lipinski definition) is 1. The van der Waals surface area contributed by atoms with Crippen molar-refractivity contribution in [2.75, 3.05) is 18.1 Å². The van der Waals surface area contributed by atoms with Gasteiger partial charge in [-0.05, 0) is 91.4 Å². The number of ether oxygens (including phenoxy) is 3. The van der Waals surface area contributed by atoms with Crippen molar-refractivity contribution >= 4 is 33.2 Å². The molecule has 1 aromatic heterocycles. The van der Waals surface area contributed by atoms with E-state index < -0.39 is 21.7 Å². The highest BCUT2D eigenvalue weighted by Gasteiger charge is 2.39. The normalized spacial score (nSPS) is 21.6. The van der Waals surface area contributed by atoms with E-state index in [9.17, 15) is 13.2 Å². The van der Waals surface area contributed by atoms with Crippen LogP contribution < -0.4 is 9.62 Å². The smallest absolute Gasteiger partial charge is 0.264 e. The Morgan fingerprint density at radius 1 is 1.11 bits per heavy atom. The van der Waals surface area contributed by atoms with Crippen LogP contribution in [0.4, 0.5) is 5.69 Å². The maximum absolute atomic E-state index is 13.0. The summed E-state index contributed by atoms with van der Waals surface area (Å²) in [6.45, 7) is 1.79. The average molecular weight is 636 g/mol. The Balaban J connectivity index is 1.24. The van der Waals surface area contributed by atoms with Crippen LogP contribution in [0.1, 0.15) is 48.0 Å². The molecule has 6 rings (SSSR count). The van der Waals surface area contributed by atoms with Crippen LogP contribution in [-0.4, -0.2) is 44.6 Å². The van der Waals surface area contributed by atoms with Crippen LogP contribution in [0.2, 0.25) is 5.02 Å². The highest BCUT2D eigenvalue weighted by Crippen LogP contribution is 2.38. The second-order valence-corrected chi connectivity index (χ2v) is 13.3. The second kappa shape index (κ2) is 13.2. The highest BCUT2D eigenvalue weighted by atomic mass is 35.5. The first-order valence-electron chi connectivity index (χ1n) is 14.7. The molecule has 2 aliphatic carbocycles. The fourth-order valence-electron chi connectivity index (χ4n) is 5.18. The number of amides is 1. The number of benzene rings is 2. The van der Waals surface area contributed by atoms with Gasteiger partial charge in [-0.15, -0.1) is 0 Å². The molecular weight excluding hydrogens is 602 g/mol. The summed E-state index contributed by atoms with van der Waals surface area (Å²) in [6, 6.07) is 16.4. The van der Waals surface area contributed by atoms with Crippen molar-refractivity contribution < 1.29 is 27.4 Å². The standard InChI is InChI=1S/C33H34ClN3O6S/c34-27-6-1-8-30(19-27)44(39,40)36-32(38)26-12-14-28(15-13-26)37(22-25-5-3-17-35-21-25)29-7-2-16-33(20-29,42-23-24-10-11-24)43-31-9-4-18-41-31/h1-3,5-8,12-17,19,21,24,31H,4,9-11,18,20,22-23H2,(H,36,38)/t31?,33-/m0/s1. The number of allylic oxidation sites excluding steroid dienone is 2. The maximum atomic E-state index is 13.0. The third-order valence-corrected chi connectivity index (χ3v) is 9.29. The summed E-state index contributed by atoms with van der Waals surface area (Å²) < 4.78 is 46.5. The molecule has 3 aliphatic rings. The summed E-state index contributed by atoms with van der Waals surface area (Å²) in [5.74, 6) is -1.16. The van der Waals surface area contributed by atoms with Gasteiger partial charge in [-0.25, -0.2) is 13.1 Å². The monoisotopic (exact) mass is 635 g/mol. The minimum Gasteiger partial charge on any atom is -0.353 e. The number of carbonyl (C=O) groups is 1. The van der Waals surface area contributed by atoms with Crippen LogP contribution in [0.3, 0.4) is 0 Å². The van der Waals surface area contributed by atoms with Gasteiger partial charge in [-0.3, -0.25) is 9.78 Å². The molecule has 2 aromatic carbocycles. The topological polar surface area (TPSA) is 107 Å². The SMILES string of the molecule is O=C(NS(=O)(=O)c1cccc(Cl)c1)c1ccc(N(Cc2cccnc2)C2=CC=C[C@](OCC3CC3)(OC3CCCO3)C2)cc1. The molecule has 1 saturated heterocycles. The first-order chi connectivity index (χ1) is 21.3. The molecule has 230 valence electrons. The zero-order valence-electron chi connectivity index (χ0n) is 24.1. The molecule has 0 radical (unpaired) electrons. The number of sulfonamides is 1. The molecule has 9 nitrogen and oxygen atoms in total. The number of pyridine rings is 1. The van der Waals surface area contributed by atoms with E-state index in [0.29, 0.717) is 32.1 Å². The molecule has 0 spiro atoms. The van der Waals surface area contributed by atoms with Crippen molar-refractivity contribution in [1.82, 2.24) is 9.71 Å². The quantitative estimate of drug-likeness (QED) is 0.242. The summed E-state index contributed by atoms with van der Waals surface area (Å²) in [7, 11) is -4.10. The second-order valence-electron chi connectivity index (χ2n) is 11.2. The number of hydrogen-bond acceptors (Lipinski definition) is 8. The maximum Gasteiger partial charge on any atom is 0.264 e. The van der Waals surface area contributed by atoms with Crippen LogP contribution in [0.25, 0.3) is 0 Å². The Hall–Kier alpha value is -3.54. The molecule has 3 aromatic rings. The van der Waals surface area contributed by atoms with Crippen LogP contribution in [-0.2, 0) is 30.8 Å². The fraction of sp³-hybridized carbons (Fsp3) is 0.333. The van der Waals surface area contributed by atoms with Crippen LogP contribution in [0.5, 0.6) is 0 Å². The molecule has 1 aliphatic heterocycles. The Morgan fingerprint density at radius 2 is 1.95 bits per heavy atom. The molecule has 1 unspecified atom stereocenters. The number of rotatable bonds is 12. The predicted octanol–water partition coefficient (Wildman–Crippen LogP) is 5.98. The highest BCUT2D eigenvalue weighted by molar-refractivity contribution is 7.90. The van der Waals surface area contributed by atoms with Crippen molar-refractivity contribution in [1.29, 1.82) is 0 Å². The van der Waals surface area contributed by atoms with Crippen molar-refractivity contribution in [3.63, 3.8) is 0 Å². The third kappa shape index (κ3) is 7.57. The van der Waals surface area contributed by atoms with E-state index in [0.717, 1.165) is 42.6 Å². The summed E-state index contributed by atoms with van der Waals surface area (Å²) >= 11 is 5.95. The van der Waals surface area contributed by atoms with Gasteiger partial charge in [0.05, 0.1) is 11.5 Å². The average Bonchev–Trinajstić information content (AvgIpc) is 3.73. The van der Waals surface area contributed by atoms with E-state index in [1.807, 2.05) is 36.6 Å². The first-order valence-corrected chi connectivity index (χ1v) is 16.6. The van der Waals surface area contributed by atoms with E-state index in [1.165, 1.54) is 18.2 Å². The van der Waals surface area contributed by atoms with Gasteiger partial charge in [-0.1, -0.05) is 29.8 Å². The zero-order valence-corrected chi connectivity index (χ0v) is 25.7. The lowest BCUT2D eigenvalue weighted by Crippen LogP contribution is -2.42. The van der Waals surface area contributed by atoms with E-state index >= 15 is 0 Å². The summed E-state index contributed by atoms with van der Waals surface area (Å²) in [5, 5.41) is 0.258. The lowest BCUT2D eigenvalue weighted by molar-refractivity contribution is -0.277. The van der Waals surface area contributed by atoms with E-state index in [-0.39, 0.29) is 21.8 Å². The number of nitrogens with zero attached hydrogens (tertiary/aromatic N) is 2. The Kier molecular flexibility index (Phi) is 9.16. The van der Waals surface area contributed by atoms with Gasteiger partial charge in [-0.2, -0.15) is 0 Å². The van der Waals surface area contributed by atoms with Gasteiger partial charge in [0, 0.05) is 60.4 Å². The van der Waals surface area contributed by atoms with E-state index in [4.69, 9.17) is 25.8 Å². The Morgan fingerprint density at radius 3 is 2.66 bits per heavy atom. The summed E-state index contributed by atoms with van der Waals surface area (Å²) in [5.41, 5.74) is 2.94. The minimum absolute atomic E-state index is 0.0903. The Labute approximate surface area is 262 Å². The summed E-state index contributed by atoms with van der Waals surface area (Å²) in [6.07, 6.45) is 13.7. The fourth-order valence-corrected chi connectivity index (χ4v) is 6.46. The number of aromatic nitrogens is 1. The van der Waals surface area contributed by atoms with Crippen LogP contribution in [0.15, 0.2) is 102 Å². The van der Waals surface area contributed by atoms with Gasteiger partial charge < -0.3 is 19.1 Å². The lowest BCUT2D eigenvalue weighted by atomic mass is 10.0. The van der Waals surface area contributed by atoms with Gasteiger partial charge in [0.2, 0.25) is 0 Å². The predicted molar refractivity (Wildman–Crippen MR) is 166 cm³/mol. The minimum atomic E-state index is -4.10. The molecule has 1 amide bonds. The zero-order chi connectivity index (χ0) is 30.6. The molecule has 1 N–H and O–H groups in total. The van der Waals surface area contributed by atoms with Gasteiger partial charge >= 0.3 is 0 Å². The number of carbonyl (C=O) groups excluding carboxylic acids is 1. The molecule has 11 heteroatoms. The summed E-state index contributed by atoms with van der Waals surface area (Å²) in [4.78, 5) is 19.3. The molecule has 44 heavy (non-hydrogen) atoms.